The average molecular weight is 289 g/mol. The van der Waals surface area contributed by atoms with Crippen molar-refractivity contribution in [1.29, 1.82) is 0 Å². The summed E-state index contributed by atoms with van der Waals surface area (Å²) in [7, 11) is -2.71. The minimum absolute atomic E-state index is 0.785. The van der Waals surface area contributed by atoms with Crippen molar-refractivity contribution in [3.8, 4) is 0 Å². The van der Waals surface area contributed by atoms with Gasteiger partial charge in [-0.2, -0.15) is 0 Å². The van der Waals surface area contributed by atoms with Gasteiger partial charge in [-0.1, -0.05) is 45.8 Å². The molecule has 0 amide bonds. The van der Waals surface area contributed by atoms with E-state index in [0.717, 1.165) is 19.2 Å². The molecule has 1 saturated carbocycles. The van der Waals surface area contributed by atoms with Gasteiger partial charge in [0.2, 0.25) is 0 Å². The Morgan fingerprint density at radius 1 is 1.17 bits per heavy atom. The lowest BCUT2D eigenvalue weighted by molar-refractivity contribution is 0.249. The van der Waals surface area contributed by atoms with Gasteiger partial charge in [-0.25, -0.2) is 0 Å². The number of rotatable bonds is 7. The lowest BCUT2D eigenvalue weighted by atomic mass is 9.96. The Morgan fingerprint density at radius 2 is 1.78 bits per heavy atom. The number of nitrogens with one attached hydrogen (secondary N) is 1. The summed E-state index contributed by atoms with van der Waals surface area (Å²) in [6, 6.07) is 0.785. The van der Waals surface area contributed by atoms with Gasteiger partial charge in [0.1, 0.15) is 8.24 Å². The number of hydrogen-bond acceptors (Lipinski definition) is 3. The van der Waals surface area contributed by atoms with Gasteiger partial charge in [-0.15, -0.1) is 0 Å². The largest absolute Gasteiger partial charge is 0.394 e. The van der Waals surface area contributed by atoms with Gasteiger partial charge in [-0.3, -0.25) is 0 Å². The average Bonchev–Trinajstić information content (AvgIpc) is 2.29. The molecule has 1 unspecified atom stereocenters. The first-order chi connectivity index (χ1) is 8.50. The Bertz CT molecular complexity index is 222. The van der Waals surface area contributed by atoms with Gasteiger partial charge >= 0.3 is 9.36 Å². The highest BCUT2D eigenvalue weighted by molar-refractivity contribution is 6.81. The van der Waals surface area contributed by atoms with Crippen molar-refractivity contribution in [1.82, 2.24) is 9.21 Å². The van der Waals surface area contributed by atoms with Crippen LogP contribution in [0.5, 0.6) is 0 Å². The second kappa shape index (κ2) is 7.79. The van der Waals surface area contributed by atoms with Crippen molar-refractivity contribution in [2.75, 3.05) is 13.2 Å². The van der Waals surface area contributed by atoms with Crippen LogP contribution in [0.4, 0.5) is 0 Å². The van der Waals surface area contributed by atoms with Crippen LogP contribution < -0.4 is 4.98 Å². The molecule has 1 fully saturated rings. The molecule has 1 aliphatic carbocycles. The first kappa shape index (κ1) is 16.4. The monoisotopic (exact) mass is 288 g/mol. The van der Waals surface area contributed by atoms with Crippen molar-refractivity contribution < 1.29 is 4.43 Å². The molecule has 0 aromatic carbocycles. The fraction of sp³-hybridized carbons (Fsp3) is 1.00. The van der Waals surface area contributed by atoms with Crippen LogP contribution in [-0.2, 0) is 4.43 Å². The van der Waals surface area contributed by atoms with Crippen LogP contribution >= 0.6 is 0 Å². The van der Waals surface area contributed by atoms with E-state index in [0.29, 0.717) is 0 Å². The first-order valence-electron chi connectivity index (χ1n) is 7.64. The zero-order valence-corrected chi connectivity index (χ0v) is 15.1. The fourth-order valence-corrected chi connectivity index (χ4v) is 9.51. The zero-order chi connectivity index (χ0) is 13.6. The highest BCUT2D eigenvalue weighted by Gasteiger charge is 2.38. The maximum absolute atomic E-state index is 6.11. The van der Waals surface area contributed by atoms with Crippen molar-refractivity contribution in [2.45, 2.75) is 71.6 Å². The third-order valence-electron chi connectivity index (χ3n) is 3.70. The van der Waals surface area contributed by atoms with E-state index in [-0.39, 0.29) is 0 Å². The summed E-state index contributed by atoms with van der Waals surface area (Å²) in [5.41, 5.74) is 0. The van der Waals surface area contributed by atoms with E-state index < -0.39 is 17.6 Å². The first-order valence-corrected chi connectivity index (χ1v) is 12.6. The molecule has 0 spiro atoms. The minimum Gasteiger partial charge on any atom is -0.394 e. The highest BCUT2D eigenvalue weighted by atomic mass is 28.4. The predicted octanol–water partition coefficient (Wildman–Crippen LogP) is 2.82. The van der Waals surface area contributed by atoms with Crippen LogP contribution in [0, 0.1) is 0 Å². The van der Waals surface area contributed by atoms with Crippen LogP contribution in [0.1, 0.15) is 46.0 Å². The molecule has 1 aliphatic rings. The molecule has 0 aromatic heterocycles. The molecule has 3 nitrogen and oxygen atoms in total. The van der Waals surface area contributed by atoms with Crippen LogP contribution in [-0.4, -0.2) is 41.0 Å². The van der Waals surface area contributed by atoms with E-state index in [1.165, 1.54) is 32.1 Å². The second-order valence-corrected chi connectivity index (χ2v) is 13.6. The van der Waals surface area contributed by atoms with E-state index in [1.54, 1.807) is 0 Å². The molecule has 18 heavy (non-hydrogen) atoms. The molecular weight excluding hydrogens is 256 g/mol. The molecule has 1 rings (SSSR count). The van der Waals surface area contributed by atoms with E-state index in [2.05, 4.69) is 42.7 Å². The zero-order valence-electron chi connectivity index (χ0n) is 13.0. The van der Waals surface area contributed by atoms with Gasteiger partial charge in [0.15, 0.2) is 0 Å². The third-order valence-corrected chi connectivity index (χ3v) is 11.0. The Labute approximate surface area is 116 Å². The van der Waals surface area contributed by atoms with E-state index in [4.69, 9.17) is 4.43 Å². The van der Waals surface area contributed by atoms with Crippen LogP contribution in [0.15, 0.2) is 0 Å². The molecule has 0 saturated heterocycles. The molecular formula is C13H32N2OSi2. The molecule has 108 valence electrons. The summed E-state index contributed by atoms with van der Waals surface area (Å²) >= 11 is 0. The van der Waals surface area contributed by atoms with Crippen molar-refractivity contribution in [3.63, 3.8) is 0 Å². The van der Waals surface area contributed by atoms with Gasteiger partial charge in [0, 0.05) is 6.61 Å². The summed E-state index contributed by atoms with van der Waals surface area (Å²) in [5, 5.41) is 0. The molecule has 0 aliphatic heterocycles. The quantitative estimate of drug-likeness (QED) is 0.729. The topological polar surface area (TPSA) is 24.5 Å². The molecule has 1 atom stereocenters. The minimum atomic E-state index is -1.40. The summed E-state index contributed by atoms with van der Waals surface area (Å²) < 4.78 is 8.95. The Hall–Kier alpha value is 0.314. The Kier molecular flexibility index (Phi) is 7.09. The fourth-order valence-electron chi connectivity index (χ4n) is 3.02. The molecule has 0 heterocycles. The van der Waals surface area contributed by atoms with Crippen molar-refractivity contribution in [3.05, 3.63) is 0 Å². The summed E-state index contributed by atoms with van der Waals surface area (Å²) in [5.74, 6) is 0. The van der Waals surface area contributed by atoms with Crippen LogP contribution in [0.25, 0.3) is 0 Å². The Morgan fingerprint density at radius 3 is 2.22 bits per heavy atom. The van der Waals surface area contributed by atoms with E-state index >= 15 is 0 Å². The second-order valence-electron chi connectivity index (χ2n) is 6.24. The van der Waals surface area contributed by atoms with Crippen LogP contribution in [0.3, 0.4) is 0 Å². The van der Waals surface area contributed by atoms with Crippen LogP contribution in [0.2, 0.25) is 19.6 Å². The Balaban J connectivity index is 2.80. The normalized spacial score (nSPS) is 20.3. The van der Waals surface area contributed by atoms with Crippen molar-refractivity contribution in [2.24, 2.45) is 0 Å². The van der Waals surface area contributed by atoms with Gasteiger partial charge < -0.3 is 13.6 Å². The smallest absolute Gasteiger partial charge is 0.331 e. The van der Waals surface area contributed by atoms with E-state index in [9.17, 15) is 0 Å². The molecule has 5 heteroatoms. The standard InChI is InChI=1S/C13H32N2OSi2/c1-6-14-17(16-7-2)15(18(3,4)5)13-11-9-8-10-12-13/h13-14,17H,6-12H2,1-5H3. The molecule has 0 aromatic rings. The lowest BCUT2D eigenvalue weighted by Crippen LogP contribution is -2.65. The highest BCUT2D eigenvalue weighted by Crippen LogP contribution is 2.27. The summed E-state index contributed by atoms with van der Waals surface area (Å²) in [4.78, 5) is 3.66. The van der Waals surface area contributed by atoms with E-state index in [1.807, 2.05) is 0 Å². The molecule has 0 radical (unpaired) electrons. The lowest BCUT2D eigenvalue weighted by Gasteiger charge is -2.46. The van der Waals surface area contributed by atoms with Gasteiger partial charge in [0.05, 0.1) is 0 Å². The van der Waals surface area contributed by atoms with Crippen molar-refractivity contribution >= 4 is 17.6 Å². The maximum Gasteiger partial charge on any atom is 0.331 e. The number of nitrogens with zero attached hydrogens (tertiary/aromatic N) is 1. The van der Waals surface area contributed by atoms with Gasteiger partial charge in [-0.05, 0) is 32.4 Å². The maximum atomic E-state index is 6.11. The summed E-state index contributed by atoms with van der Waals surface area (Å²) in [6.45, 7) is 13.6. The molecule has 1 N–H and O–H groups in total. The SMILES string of the molecule is CCN[SiH](OCC)N(C1CCCCC1)[Si](C)(C)C. The molecule has 0 bridgehead atoms. The number of hydrogen-bond donors (Lipinski definition) is 1. The third kappa shape index (κ3) is 4.77. The summed E-state index contributed by atoms with van der Waals surface area (Å²) in [6.07, 6.45) is 7.01. The predicted molar refractivity (Wildman–Crippen MR) is 84.5 cm³/mol. The van der Waals surface area contributed by atoms with Gasteiger partial charge in [0.25, 0.3) is 0 Å².